The van der Waals surface area contributed by atoms with Crippen molar-refractivity contribution in [3.63, 3.8) is 0 Å². The molecule has 2 aromatic heterocycles. The fraction of sp³-hybridized carbons (Fsp3) is 0.300. The smallest absolute Gasteiger partial charge is 0.325 e. The number of amides is 3. The molecule has 0 spiro atoms. The fourth-order valence-electron chi connectivity index (χ4n) is 3.22. The number of aromatic nitrogens is 2. The van der Waals surface area contributed by atoms with Gasteiger partial charge in [-0.05, 0) is 46.0 Å². The van der Waals surface area contributed by atoms with Gasteiger partial charge in [0.1, 0.15) is 12.1 Å². The molecule has 0 bridgehead atoms. The molecular formula is C20H19BrN4O3S. The van der Waals surface area contributed by atoms with Gasteiger partial charge in [-0.15, -0.1) is 11.3 Å². The van der Waals surface area contributed by atoms with E-state index in [9.17, 15) is 9.59 Å². The lowest BCUT2D eigenvalue weighted by Gasteiger charge is -2.22. The van der Waals surface area contributed by atoms with Gasteiger partial charge in [-0.2, -0.15) is 4.98 Å². The molecule has 0 aliphatic carbocycles. The van der Waals surface area contributed by atoms with Gasteiger partial charge in [-0.25, -0.2) is 4.79 Å². The minimum atomic E-state index is -1.13. The van der Waals surface area contributed by atoms with E-state index < -0.39 is 11.6 Å². The molecule has 3 aromatic rings. The van der Waals surface area contributed by atoms with E-state index >= 15 is 0 Å². The Morgan fingerprint density at radius 2 is 2.00 bits per heavy atom. The molecule has 9 heteroatoms. The van der Waals surface area contributed by atoms with Crippen LogP contribution in [0.15, 0.2) is 44.7 Å². The molecule has 1 aromatic carbocycles. The molecule has 1 N–H and O–H groups in total. The predicted molar refractivity (Wildman–Crippen MR) is 112 cm³/mol. The van der Waals surface area contributed by atoms with Crippen LogP contribution < -0.4 is 5.32 Å². The Kier molecular flexibility index (Phi) is 5.04. The van der Waals surface area contributed by atoms with Crippen LogP contribution in [-0.2, 0) is 16.9 Å². The lowest BCUT2D eigenvalue weighted by atomic mass is 9.90. The van der Waals surface area contributed by atoms with Crippen molar-refractivity contribution in [1.29, 1.82) is 0 Å². The second kappa shape index (κ2) is 7.38. The quantitative estimate of drug-likeness (QED) is 0.543. The molecule has 150 valence electrons. The summed E-state index contributed by atoms with van der Waals surface area (Å²) in [5.41, 5.74) is 0.774. The largest absolute Gasteiger partial charge is 0.337 e. The highest BCUT2D eigenvalue weighted by Crippen LogP contribution is 2.31. The van der Waals surface area contributed by atoms with E-state index in [1.165, 1.54) is 16.9 Å². The zero-order valence-electron chi connectivity index (χ0n) is 16.1. The maximum atomic E-state index is 13.1. The van der Waals surface area contributed by atoms with E-state index in [0.29, 0.717) is 11.7 Å². The number of urea groups is 1. The zero-order chi connectivity index (χ0) is 20.8. The van der Waals surface area contributed by atoms with E-state index in [-0.39, 0.29) is 18.3 Å². The number of thiophene rings is 1. The summed E-state index contributed by atoms with van der Waals surface area (Å²) in [7, 11) is 0. The van der Waals surface area contributed by atoms with E-state index in [0.717, 1.165) is 19.8 Å². The van der Waals surface area contributed by atoms with Crippen molar-refractivity contribution in [3.8, 4) is 10.7 Å². The Balaban J connectivity index is 1.54. The number of carbonyl (C=O) groups excluding carboxylic acids is 2. The lowest BCUT2D eigenvalue weighted by molar-refractivity contribution is -0.131. The number of carbonyl (C=O) groups is 2. The van der Waals surface area contributed by atoms with Crippen molar-refractivity contribution in [2.75, 3.05) is 0 Å². The summed E-state index contributed by atoms with van der Waals surface area (Å²) in [5.74, 6) is 0.665. The Labute approximate surface area is 180 Å². The number of halogens is 1. The van der Waals surface area contributed by atoms with Crippen LogP contribution in [0.25, 0.3) is 10.7 Å². The molecule has 3 amide bonds. The molecule has 0 saturated carbocycles. The molecule has 1 atom stereocenters. The molecule has 0 radical (unpaired) electrons. The van der Waals surface area contributed by atoms with Crippen LogP contribution in [0.1, 0.15) is 43.7 Å². The van der Waals surface area contributed by atoms with Crippen molar-refractivity contribution in [3.05, 3.63) is 57.2 Å². The van der Waals surface area contributed by atoms with Crippen LogP contribution in [0.4, 0.5) is 4.79 Å². The molecular weight excluding hydrogens is 456 g/mol. The van der Waals surface area contributed by atoms with Gasteiger partial charge >= 0.3 is 6.03 Å². The number of hydrogen-bond donors (Lipinski definition) is 1. The maximum Gasteiger partial charge on any atom is 0.325 e. The van der Waals surface area contributed by atoms with Crippen LogP contribution in [-0.4, -0.2) is 27.0 Å². The first-order chi connectivity index (χ1) is 13.8. The molecule has 1 fully saturated rings. The summed E-state index contributed by atoms with van der Waals surface area (Å²) in [6.07, 6.45) is 0. The molecule has 4 rings (SSSR count). The average Bonchev–Trinajstić information content (AvgIpc) is 3.38. The number of nitrogens with one attached hydrogen (secondary N) is 1. The summed E-state index contributed by atoms with van der Waals surface area (Å²) in [5, 5.41) is 8.66. The Morgan fingerprint density at radius 1 is 1.28 bits per heavy atom. The van der Waals surface area contributed by atoms with Gasteiger partial charge in [0.25, 0.3) is 5.91 Å². The van der Waals surface area contributed by atoms with E-state index in [1.807, 2.05) is 35.7 Å². The third-order valence-corrected chi connectivity index (χ3v) is 6.67. The highest BCUT2D eigenvalue weighted by atomic mass is 79.9. The van der Waals surface area contributed by atoms with Crippen LogP contribution in [0.2, 0.25) is 0 Å². The van der Waals surface area contributed by atoms with Crippen LogP contribution in [0.3, 0.4) is 0 Å². The van der Waals surface area contributed by atoms with Crippen LogP contribution in [0, 0.1) is 0 Å². The summed E-state index contributed by atoms with van der Waals surface area (Å²) in [6.45, 7) is 5.84. The van der Waals surface area contributed by atoms with Crippen molar-refractivity contribution >= 4 is 39.2 Å². The second-order valence-electron chi connectivity index (χ2n) is 7.36. The Bertz CT molecular complexity index is 1080. The number of benzene rings is 1. The van der Waals surface area contributed by atoms with E-state index in [1.54, 1.807) is 6.92 Å². The van der Waals surface area contributed by atoms with Crippen molar-refractivity contribution in [2.24, 2.45) is 0 Å². The Hall–Kier alpha value is -2.52. The first kappa shape index (κ1) is 19.8. The molecule has 1 unspecified atom stereocenters. The first-order valence-corrected chi connectivity index (χ1v) is 10.8. The predicted octanol–water partition coefficient (Wildman–Crippen LogP) is 4.65. The summed E-state index contributed by atoms with van der Waals surface area (Å²) >= 11 is 4.86. The average molecular weight is 475 g/mol. The van der Waals surface area contributed by atoms with Gasteiger partial charge in [0.2, 0.25) is 11.7 Å². The van der Waals surface area contributed by atoms with Crippen molar-refractivity contribution < 1.29 is 14.1 Å². The standard InChI is InChI=1S/C20H19BrN4O3S/c1-11(2)12-4-6-13(7-5-12)20(3)18(26)25(19(27)23-20)9-16-22-17(24-28-16)15-8-14(21)10-29-15/h4-8,10-11H,9H2,1-3H3,(H,23,27). The van der Waals surface area contributed by atoms with Crippen LogP contribution >= 0.6 is 27.3 Å². The van der Waals surface area contributed by atoms with Crippen molar-refractivity contribution in [2.45, 2.75) is 38.8 Å². The zero-order valence-corrected chi connectivity index (χ0v) is 18.5. The second-order valence-corrected chi connectivity index (χ2v) is 9.19. The monoisotopic (exact) mass is 474 g/mol. The van der Waals surface area contributed by atoms with Gasteiger partial charge in [-0.1, -0.05) is 43.3 Å². The topological polar surface area (TPSA) is 88.3 Å². The highest BCUT2D eigenvalue weighted by molar-refractivity contribution is 9.10. The van der Waals surface area contributed by atoms with Crippen LogP contribution in [0.5, 0.6) is 0 Å². The normalized spacial score (nSPS) is 19.3. The van der Waals surface area contributed by atoms with Gasteiger partial charge in [0.15, 0.2) is 0 Å². The summed E-state index contributed by atoms with van der Waals surface area (Å²) < 4.78 is 6.19. The summed E-state index contributed by atoms with van der Waals surface area (Å²) in [6, 6.07) is 9.13. The van der Waals surface area contributed by atoms with Gasteiger partial charge in [0, 0.05) is 9.85 Å². The SMILES string of the molecule is CC(C)c1ccc(C2(C)NC(=O)N(Cc3nc(-c4cc(Br)cs4)no3)C2=O)cc1. The molecule has 7 nitrogen and oxygen atoms in total. The maximum absolute atomic E-state index is 13.1. The minimum absolute atomic E-state index is 0.0795. The molecule has 1 aliphatic rings. The van der Waals surface area contributed by atoms with Gasteiger partial charge < -0.3 is 9.84 Å². The first-order valence-electron chi connectivity index (χ1n) is 9.09. The minimum Gasteiger partial charge on any atom is -0.337 e. The lowest BCUT2D eigenvalue weighted by Crippen LogP contribution is -2.40. The number of nitrogens with zero attached hydrogens (tertiary/aromatic N) is 3. The summed E-state index contributed by atoms with van der Waals surface area (Å²) in [4.78, 5) is 31.9. The number of hydrogen-bond acceptors (Lipinski definition) is 6. The van der Waals surface area contributed by atoms with Gasteiger partial charge in [0.05, 0.1) is 4.88 Å². The Morgan fingerprint density at radius 3 is 2.62 bits per heavy atom. The van der Waals surface area contributed by atoms with E-state index in [4.69, 9.17) is 4.52 Å². The molecule has 3 heterocycles. The van der Waals surface area contributed by atoms with E-state index in [2.05, 4.69) is 45.2 Å². The number of imide groups is 1. The molecule has 1 saturated heterocycles. The number of rotatable bonds is 5. The highest BCUT2D eigenvalue weighted by Gasteiger charge is 2.49. The van der Waals surface area contributed by atoms with Gasteiger partial charge in [-0.3, -0.25) is 9.69 Å². The third-order valence-electron chi connectivity index (χ3n) is 4.98. The fourth-order valence-corrected chi connectivity index (χ4v) is 4.57. The van der Waals surface area contributed by atoms with Crippen molar-refractivity contribution in [1.82, 2.24) is 20.4 Å². The molecule has 29 heavy (non-hydrogen) atoms. The third kappa shape index (κ3) is 3.60. The molecule has 1 aliphatic heterocycles.